The molecule has 1 rings (SSSR count). The number of hydrogen-bond acceptors (Lipinski definition) is 2. The van der Waals surface area contributed by atoms with Gasteiger partial charge in [-0.2, -0.15) is 21.6 Å². The summed E-state index contributed by atoms with van der Waals surface area (Å²) in [5.74, 6) is -1.40. The number of hydrogen-bond donors (Lipinski definition) is 0. The molecule has 0 atom stereocenters. The van der Waals surface area contributed by atoms with Crippen LogP contribution in [0.15, 0.2) is 39.6 Å². The summed E-state index contributed by atoms with van der Waals surface area (Å²) in [6.07, 6.45) is -4.86. The molecule has 0 spiro atoms. The first-order valence-electron chi connectivity index (χ1n) is 6.72. The van der Waals surface area contributed by atoms with Crippen LogP contribution < -0.4 is 0 Å². The predicted molar refractivity (Wildman–Crippen MR) is 79.2 cm³/mol. The van der Waals surface area contributed by atoms with Crippen molar-refractivity contribution in [3.8, 4) is 0 Å². The second-order valence-electron chi connectivity index (χ2n) is 5.30. The molecule has 0 aliphatic heterocycles. The van der Waals surface area contributed by atoms with Crippen LogP contribution in [-0.2, 0) is 10.0 Å². The van der Waals surface area contributed by atoms with Gasteiger partial charge in [0.2, 0.25) is 5.84 Å². The van der Waals surface area contributed by atoms with Crippen LogP contribution >= 0.6 is 0 Å². The first-order valence-corrected chi connectivity index (χ1v) is 8.16. The van der Waals surface area contributed by atoms with Gasteiger partial charge in [-0.05, 0) is 39.8 Å². The fourth-order valence-electron chi connectivity index (χ4n) is 2.09. The molecule has 1 aromatic carbocycles. The smallest absolute Gasteiger partial charge is 0.347 e. The van der Waals surface area contributed by atoms with Crippen molar-refractivity contribution in [1.29, 1.82) is 0 Å². The molecule has 0 heterocycles. The van der Waals surface area contributed by atoms with E-state index in [4.69, 9.17) is 0 Å². The van der Waals surface area contributed by atoms with Crippen molar-refractivity contribution < 1.29 is 21.6 Å². The van der Waals surface area contributed by atoms with Gasteiger partial charge in [-0.3, -0.25) is 0 Å². The largest absolute Gasteiger partial charge is 0.450 e. The lowest BCUT2D eigenvalue weighted by atomic mass is 10.2. The van der Waals surface area contributed by atoms with Gasteiger partial charge < -0.3 is 4.90 Å². The summed E-state index contributed by atoms with van der Waals surface area (Å²) in [5.41, 5.74) is 0. The zero-order valence-corrected chi connectivity index (χ0v) is 13.6. The van der Waals surface area contributed by atoms with Crippen LogP contribution in [0.2, 0.25) is 0 Å². The average Bonchev–Trinajstić information content (AvgIpc) is 2.37. The molecular formula is C14H19F3N2O2S. The van der Waals surface area contributed by atoms with Gasteiger partial charge in [-0.15, -0.1) is 4.40 Å². The molecule has 0 aliphatic rings. The van der Waals surface area contributed by atoms with Gasteiger partial charge in [-0.1, -0.05) is 18.2 Å². The Kier molecular flexibility index (Phi) is 5.61. The molecule has 4 nitrogen and oxygen atoms in total. The highest BCUT2D eigenvalue weighted by molar-refractivity contribution is 7.90. The third kappa shape index (κ3) is 4.46. The molecule has 0 unspecified atom stereocenters. The van der Waals surface area contributed by atoms with Crippen molar-refractivity contribution in [2.24, 2.45) is 4.40 Å². The Morgan fingerprint density at radius 2 is 1.50 bits per heavy atom. The molecule has 0 N–H and O–H groups in total. The number of alkyl halides is 3. The minimum absolute atomic E-state index is 0.274. The van der Waals surface area contributed by atoms with E-state index in [-0.39, 0.29) is 4.90 Å². The summed E-state index contributed by atoms with van der Waals surface area (Å²) in [6, 6.07) is 5.75. The highest BCUT2D eigenvalue weighted by Crippen LogP contribution is 2.25. The Labute approximate surface area is 128 Å². The Balaban J connectivity index is 3.46. The minimum atomic E-state index is -4.86. The Morgan fingerprint density at radius 1 is 1.05 bits per heavy atom. The quantitative estimate of drug-likeness (QED) is 0.625. The topological polar surface area (TPSA) is 49.7 Å². The molecule has 0 amide bonds. The zero-order valence-electron chi connectivity index (χ0n) is 12.8. The van der Waals surface area contributed by atoms with Gasteiger partial charge in [0.1, 0.15) is 0 Å². The summed E-state index contributed by atoms with van der Waals surface area (Å²) in [4.78, 5) is 0.671. The maximum Gasteiger partial charge on any atom is 0.450 e. The molecule has 0 aromatic heterocycles. The molecule has 22 heavy (non-hydrogen) atoms. The molecule has 1 aromatic rings. The molecule has 0 bridgehead atoms. The van der Waals surface area contributed by atoms with E-state index in [0.29, 0.717) is 0 Å². The average molecular weight is 336 g/mol. The van der Waals surface area contributed by atoms with Crippen molar-refractivity contribution in [2.45, 2.75) is 50.9 Å². The van der Waals surface area contributed by atoms with E-state index in [2.05, 4.69) is 4.40 Å². The molecule has 124 valence electrons. The normalized spacial score (nSPS) is 13.8. The van der Waals surface area contributed by atoms with Crippen molar-refractivity contribution in [2.75, 3.05) is 0 Å². The Morgan fingerprint density at radius 3 is 1.86 bits per heavy atom. The van der Waals surface area contributed by atoms with Crippen LogP contribution in [-0.4, -0.2) is 37.4 Å². The Bertz CT molecular complexity index is 615. The molecule has 0 aliphatic carbocycles. The van der Waals surface area contributed by atoms with E-state index in [1.807, 2.05) is 0 Å². The van der Waals surface area contributed by atoms with Crippen LogP contribution in [0, 0.1) is 0 Å². The third-order valence-electron chi connectivity index (χ3n) is 2.86. The SMILES string of the molecule is CC(C)N(C(=NS(=O)(=O)c1ccccc1)C(F)(F)F)C(C)C. The number of benzene rings is 1. The number of rotatable bonds is 4. The monoisotopic (exact) mass is 336 g/mol. The van der Waals surface area contributed by atoms with Crippen LogP contribution in [0.3, 0.4) is 0 Å². The molecule has 0 radical (unpaired) electrons. The Hall–Kier alpha value is -1.57. The van der Waals surface area contributed by atoms with Crippen LogP contribution in [0.1, 0.15) is 27.7 Å². The second-order valence-corrected chi connectivity index (χ2v) is 6.90. The first-order chi connectivity index (χ1) is 9.97. The molecule has 0 fully saturated rings. The van der Waals surface area contributed by atoms with Crippen molar-refractivity contribution >= 4 is 15.9 Å². The molecule has 0 saturated heterocycles. The number of nitrogens with zero attached hydrogens (tertiary/aromatic N) is 2. The van der Waals surface area contributed by atoms with Gasteiger partial charge >= 0.3 is 6.18 Å². The fraction of sp³-hybridized carbons (Fsp3) is 0.500. The lowest BCUT2D eigenvalue weighted by molar-refractivity contribution is -0.0717. The van der Waals surface area contributed by atoms with Gasteiger partial charge in [0.15, 0.2) is 0 Å². The number of halogens is 3. The van der Waals surface area contributed by atoms with Crippen molar-refractivity contribution in [1.82, 2.24) is 4.90 Å². The van der Waals surface area contributed by atoms with Crippen molar-refractivity contribution in [3.63, 3.8) is 0 Å². The van der Waals surface area contributed by atoms with Crippen molar-refractivity contribution in [3.05, 3.63) is 30.3 Å². The minimum Gasteiger partial charge on any atom is -0.347 e. The van der Waals surface area contributed by atoms with E-state index >= 15 is 0 Å². The summed E-state index contributed by atoms with van der Waals surface area (Å²) in [5, 5.41) is 0. The highest BCUT2D eigenvalue weighted by Gasteiger charge is 2.43. The highest BCUT2D eigenvalue weighted by atomic mass is 32.2. The standard InChI is InChI=1S/C14H19F3N2O2S/c1-10(2)19(11(3)4)13(14(15,16)17)18-22(20,21)12-8-6-5-7-9-12/h5-11H,1-4H3. The van der Waals surface area contributed by atoms with Gasteiger partial charge in [0.25, 0.3) is 10.0 Å². The fourth-order valence-corrected chi connectivity index (χ4v) is 3.12. The summed E-state index contributed by atoms with van der Waals surface area (Å²) < 4.78 is 67.2. The first kappa shape index (κ1) is 18.5. The third-order valence-corrected chi connectivity index (χ3v) is 4.14. The van der Waals surface area contributed by atoms with E-state index in [0.717, 1.165) is 4.90 Å². The molecule has 8 heteroatoms. The van der Waals surface area contributed by atoms with Crippen LogP contribution in [0.25, 0.3) is 0 Å². The van der Waals surface area contributed by atoms with Crippen LogP contribution in [0.5, 0.6) is 0 Å². The van der Waals surface area contributed by atoms with Gasteiger partial charge in [0, 0.05) is 12.1 Å². The maximum atomic E-state index is 13.3. The van der Waals surface area contributed by atoms with E-state index in [1.54, 1.807) is 33.8 Å². The molecular weight excluding hydrogens is 317 g/mol. The lowest BCUT2D eigenvalue weighted by Crippen LogP contribution is -2.49. The predicted octanol–water partition coefficient (Wildman–Crippen LogP) is 3.45. The number of sulfonamides is 1. The second kappa shape index (κ2) is 6.68. The summed E-state index contributed by atoms with van der Waals surface area (Å²) in [7, 11) is -4.43. The van der Waals surface area contributed by atoms with Crippen LogP contribution in [0.4, 0.5) is 13.2 Å². The number of amidine groups is 1. The summed E-state index contributed by atoms with van der Waals surface area (Å²) in [6.45, 7) is 6.21. The van der Waals surface area contributed by atoms with Gasteiger partial charge in [0.05, 0.1) is 4.90 Å². The van der Waals surface area contributed by atoms with Gasteiger partial charge in [-0.25, -0.2) is 0 Å². The summed E-state index contributed by atoms with van der Waals surface area (Å²) >= 11 is 0. The zero-order chi connectivity index (χ0) is 17.1. The maximum absolute atomic E-state index is 13.3. The van der Waals surface area contributed by atoms with E-state index in [9.17, 15) is 21.6 Å². The van der Waals surface area contributed by atoms with E-state index < -0.39 is 34.1 Å². The lowest BCUT2D eigenvalue weighted by Gasteiger charge is -2.34. The molecule has 0 saturated carbocycles. The van der Waals surface area contributed by atoms with E-state index in [1.165, 1.54) is 24.3 Å².